The fourth-order valence-corrected chi connectivity index (χ4v) is 3.92. The predicted molar refractivity (Wildman–Crippen MR) is 109 cm³/mol. The summed E-state index contributed by atoms with van der Waals surface area (Å²) in [6, 6.07) is 13.0. The number of nitrogens with two attached hydrogens (primary N) is 1. The number of fused-ring (bicyclic) bond motifs is 1. The van der Waals surface area contributed by atoms with Crippen molar-refractivity contribution in [2.24, 2.45) is 5.73 Å². The normalized spacial score (nSPS) is 12.3. The minimum absolute atomic E-state index is 0.336. The number of benzene rings is 2. The Morgan fingerprint density at radius 2 is 1.93 bits per heavy atom. The van der Waals surface area contributed by atoms with E-state index in [1.807, 2.05) is 44.4 Å². The summed E-state index contributed by atoms with van der Waals surface area (Å²) in [7, 11) is 5.37. The van der Waals surface area contributed by atoms with Crippen LogP contribution in [0.1, 0.15) is 26.7 Å². The van der Waals surface area contributed by atoms with E-state index in [-0.39, 0.29) is 5.97 Å². The van der Waals surface area contributed by atoms with Gasteiger partial charge in [-0.25, -0.2) is 4.98 Å². The minimum atomic E-state index is -0.587. The van der Waals surface area contributed by atoms with Crippen LogP contribution in [0.3, 0.4) is 0 Å². The summed E-state index contributed by atoms with van der Waals surface area (Å²) in [6.45, 7) is 0.815. The van der Waals surface area contributed by atoms with E-state index in [1.54, 1.807) is 12.1 Å². The first-order valence-electron chi connectivity index (χ1n) is 8.65. The summed E-state index contributed by atoms with van der Waals surface area (Å²) in [5.41, 5.74) is 8.90. The Morgan fingerprint density at radius 3 is 2.54 bits per heavy atom. The van der Waals surface area contributed by atoms with Gasteiger partial charge in [0, 0.05) is 6.54 Å². The first-order chi connectivity index (χ1) is 13.4. The number of esters is 1. The van der Waals surface area contributed by atoms with Gasteiger partial charge in [-0.1, -0.05) is 42.1 Å². The van der Waals surface area contributed by atoms with Crippen molar-refractivity contribution < 1.29 is 14.3 Å². The topological polar surface area (TPSA) is 101 Å². The summed E-state index contributed by atoms with van der Waals surface area (Å²) >= 11 is 1.24. The van der Waals surface area contributed by atoms with Crippen LogP contribution in [0.15, 0.2) is 47.6 Å². The van der Waals surface area contributed by atoms with E-state index >= 15 is 0 Å². The second-order valence-electron chi connectivity index (χ2n) is 6.61. The van der Waals surface area contributed by atoms with Gasteiger partial charge >= 0.3 is 5.97 Å². The molecular formula is C20H22N4O3S. The van der Waals surface area contributed by atoms with Gasteiger partial charge in [0.05, 0.1) is 18.2 Å². The number of para-hydroxylation sites is 1. The smallest absolute Gasteiger partial charge is 0.323 e. The Labute approximate surface area is 167 Å². The fourth-order valence-electron chi connectivity index (χ4n) is 2.90. The Hall–Kier alpha value is -2.84. The summed E-state index contributed by atoms with van der Waals surface area (Å²) in [4.78, 5) is 33.7. The lowest BCUT2D eigenvalue weighted by Crippen LogP contribution is -2.13. The van der Waals surface area contributed by atoms with Crippen molar-refractivity contribution in [3.8, 4) is 0 Å². The zero-order valence-electron chi connectivity index (χ0n) is 15.9. The van der Waals surface area contributed by atoms with Gasteiger partial charge in [-0.15, -0.1) is 0 Å². The second kappa shape index (κ2) is 8.45. The molecule has 0 aliphatic heterocycles. The fraction of sp³-hybridized carbons (Fsp3) is 0.250. The highest BCUT2D eigenvalue weighted by Crippen LogP contribution is 2.36. The molecule has 0 spiro atoms. The Bertz CT molecular complexity index is 998. The first-order valence-corrected chi connectivity index (χ1v) is 9.53. The van der Waals surface area contributed by atoms with E-state index < -0.39 is 11.2 Å². The zero-order valence-corrected chi connectivity index (χ0v) is 16.7. The number of carbonyl (C=O) groups is 2. The van der Waals surface area contributed by atoms with Crippen LogP contribution in [0.5, 0.6) is 0 Å². The van der Waals surface area contributed by atoms with E-state index in [9.17, 15) is 9.59 Å². The molecule has 0 aliphatic rings. The lowest BCUT2D eigenvalue weighted by atomic mass is 10.1. The van der Waals surface area contributed by atoms with E-state index in [0.717, 1.165) is 17.7 Å². The highest BCUT2D eigenvalue weighted by atomic mass is 32.2. The number of hydrogen-bond donors (Lipinski definition) is 2. The Balaban J connectivity index is 1.91. The van der Waals surface area contributed by atoms with Crippen LogP contribution >= 0.6 is 11.8 Å². The van der Waals surface area contributed by atoms with Crippen LogP contribution in [0.4, 0.5) is 0 Å². The molecule has 0 saturated heterocycles. The molecule has 3 aromatic rings. The van der Waals surface area contributed by atoms with Crippen LogP contribution < -0.4 is 5.73 Å². The molecule has 7 nitrogen and oxygen atoms in total. The highest BCUT2D eigenvalue weighted by Gasteiger charge is 2.25. The van der Waals surface area contributed by atoms with Crippen LogP contribution in [0, 0.1) is 0 Å². The number of imidazole rings is 1. The molecule has 3 rings (SSSR count). The van der Waals surface area contributed by atoms with Crippen molar-refractivity contribution in [1.29, 1.82) is 0 Å². The van der Waals surface area contributed by atoms with Crippen molar-refractivity contribution in [1.82, 2.24) is 14.9 Å². The molecule has 1 unspecified atom stereocenters. The molecular weight excluding hydrogens is 376 g/mol. The second-order valence-corrected chi connectivity index (χ2v) is 7.70. The Kier molecular flexibility index (Phi) is 6.01. The summed E-state index contributed by atoms with van der Waals surface area (Å²) in [5, 5.41) is -0.0764. The average molecular weight is 398 g/mol. The molecule has 28 heavy (non-hydrogen) atoms. The maximum atomic E-state index is 12.4. The van der Waals surface area contributed by atoms with Crippen molar-refractivity contribution in [2.45, 2.75) is 17.0 Å². The molecule has 0 bridgehead atoms. The van der Waals surface area contributed by atoms with E-state index in [4.69, 9.17) is 10.5 Å². The standard InChI is InChI=1S/C20H22N4O3S/c1-24(2)11-12-7-9-13(10-8-12)17(19(26)27-3)28-20-22-15-6-4-5-14(18(21)25)16(15)23-20/h4-10,17H,11H2,1-3H3,(H2,21,25)(H,22,23). The number of carbonyl (C=O) groups excluding carboxylic acids is 2. The van der Waals surface area contributed by atoms with E-state index in [2.05, 4.69) is 14.9 Å². The molecule has 0 aliphatic carbocycles. The molecule has 1 amide bonds. The number of primary amides is 1. The predicted octanol–water partition coefficient (Wildman–Crippen LogP) is 2.73. The third-order valence-electron chi connectivity index (χ3n) is 4.18. The number of ether oxygens (including phenoxy) is 1. The number of thioether (sulfide) groups is 1. The lowest BCUT2D eigenvalue weighted by molar-refractivity contribution is -0.140. The van der Waals surface area contributed by atoms with Crippen LogP contribution in [0.25, 0.3) is 11.0 Å². The van der Waals surface area contributed by atoms with Gasteiger partial charge in [-0.05, 0) is 37.4 Å². The van der Waals surface area contributed by atoms with Gasteiger partial charge in [0.1, 0.15) is 10.8 Å². The molecule has 0 radical (unpaired) electrons. The minimum Gasteiger partial charge on any atom is -0.468 e. The van der Waals surface area contributed by atoms with E-state index in [0.29, 0.717) is 21.8 Å². The molecule has 2 aromatic carbocycles. The average Bonchev–Trinajstić information content (AvgIpc) is 3.08. The van der Waals surface area contributed by atoms with Crippen molar-refractivity contribution in [3.63, 3.8) is 0 Å². The van der Waals surface area contributed by atoms with Gasteiger partial charge in [-0.3, -0.25) is 9.59 Å². The monoisotopic (exact) mass is 398 g/mol. The molecule has 0 fully saturated rings. The molecule has 146 valence electrons. The number of hydrogen-bond acceptors (Lipinski definition) is 6. The van der Waals surface area contributed by atoms with E-state index in [1.165, 1.54) is 18.9 Å². The maximum absolute atomic E-state index is 12.4. The quantitative estimate of drug-likeness (QED) is 0.469. The van der Waals surface area contributed by atoms with Gasteiger partial charge in [0.15, 0.2) is 5.16 Å². The summed E-state index contributed by atoms with van der Waals surface area (Å²) in [5.74, 6) is -0.921. The molecule has 1 heterocycles. The van der Waals surface area contributed by atoms with Gasteiger partial charge in [-0.2, -0.15) is 0 Å². The lowest BCUT2D eigenvalue weighted by Gasteiger charge is -2.15. The number of H-pyrrole nitrogens is 1. The molecule has 1 aromatic heterocycles. The first kappa shape index (κ1) is 19.9. The summed E-state index contributed by atoms with van der Waals surface area (Å²) in [6.07, 6.45) is 0. The van der Waals surface area contributed by atoms with Gasteiger partial charge in [0.25, 0.3) is 5.91 Å². The number of amides is 1. The molecule has 8 heteroatoms. The third kappa shape index (κ3) is 4.35. The van der Waals surface area contributed by atoms with Crippen LogP contribution in [0.2, 0.25) is 0 Å². The SMILES string of the molecule is COC(=O)C(Sc1nc2c(C(N)=O)cccc2[nH]1)c1ccc(CN(C)C)cc1. The zero-order chi connectivity index (χ0) is 20.3. The highest BCUT2D eigenvalue weighted by molar-refractivity contribution is 8.00. The molecule has 1 atom stereocenters. The number of nitrogens with one attached hydrogen (secondary N) is 1. The molecule has 0 saturated carbocycles. The molecule has 3 N–H and O–H groups in total. The van der Waals surface area contributed by atoms with Crippen molar-refractivity contribution in [2.75, 3.05) is 21.2 Å². The maximum Gasteiger partial charge on any atom is 0.323 e. The van der Waals surface area contributed by atoms with Crippen LogP contribution in [-0.4, -0.2) is 47.9 Å². The Morgan fingerprint density at radius 1 is 1.21 bits per heavy atom. The summed E-state index contributed by atoms with van der Waals surface area (Å²) < 4.78 is 4.99. The van der Waals surface area contributed by atoms with Gasteiger partial charge in [0.2, 0.25) is 0 Å². The largest absolute Gasteiger partial charge is 0.468 e. The number of rotatable bonds is 7. The number of nitrogens with zero attached hydrogens (tertiary/aromatic N) is 2. The third-order valence-corrected chi connectivity index (χ3v) is 5.30. The number of aromatic nitrogens is 2. The van der Waals surface area contributed by atoms with Crippen molar-refractivity contribution >= 4 is 34.7 Å². The van der Waals surface area contributed by atoms with Crippen molar-refractivity contribution in [3.05, 3.63) is 59.2 Å². The van der Waals surface area contributed by atoms with Crippen LogP contribution in [-0.2, 0) is 16.1 Å². The number of methoxy groups -OCH3 is 1. The van der Waals surface area contributed by atoms with Gasteiger partial charge < -0.3 is 20.4 Å². The number of aromatic amines is 1.